The third-order valence-corrected chi connectivity index (χ3v) is 3.07. The standard InChI is InChI=1S/C12H14F3N3S/c1-19-7-3-2-6-17-11-9(8-16)4-5-10(18-11)12(13,14)15/h4-5H,2-3,6-7H2,1H3,(H,17,18). The van der Waals surface area contributed by atoms with E-state index in [0.29, 0.717) is 6.54 Å². The first-order valence-electron chi connectivity index (χ1n) is 5.70. The molecule has 0 amide bonds. The number of rotatable bonds is 6. The Labute approximate surface area is 114 Å². The van der Waals surface area contributed by atoms with Crippen molar-refractivity contribution in [2.45, 2.75) is 19.0 Å². The van der Waals surface area contributed by atoms with Crippen LogP contribution in [0.25, 0.3) is 0 Å². The van der Waals surface area contributed by atoms with Gasteiger partial charge in [0.25, 0.3) is 0 Å². The Kier molecular flexibility index (Phi) is 5.96. The zero-order chi connectivity index (χ0) is 14.3. The van der Waals surface area contributed by atoms with E-state index in [4.69, 9.17) is 5.26 Å². The normalized spacial score (nSPS) is 11.1. The average Bonchev–Trinajstić information content (AvgIpc) is 2.37. The highest BCUT2D eigenvalue weighted by Gasteiger charge is 2.33. The summed E-state index contributed by atoms with van der Waals surface area (Å²) in [7, 11) is 0. The molecule has 0 aliphatic heterocycles. The van der Waals surface area contributed by atoms with E-state index in [9.17, 15) is 13.2 Å². The molecule has 0 bridgehead atoms. The molecule has 0 aliphatic carbocycles. The Balaban J connectivity index is 2.72. The van der Waals surface area contributed by atoms with Gasteiger partial charge in [-0.05, 0) is 37.0 Å². The molecule has 1 rings (SSSR count). The molecule has 1 aromatic rings. The molecule has 0 aromatic carbocycles. The van der Waals surface area contributed by atoms with Gasteiger partial charge in [0, 0.05) is 6.54 Å². The number of nitrogens with one attached hydrogen (secondary N) is 1. The molecule has 0 atom stereocenters. The van der Waals surface area contributed by atoms with Crippen LogP contribution in [0.1, 0.15) is 24.1 Å². The van der Waals surface area contributed by atoms with E-state index in [1.807, 2.05) is 12.3 Å². The Bertz CT molecular complexity index is 455. The third-order valence-electron chi connectivity index (χ3n) is 2.37. The number of hydrogen-bond donors (Lipinski definition) is 1. The first kappa shape index (κ1) is 15.6. The van der Waals surface area contributed by atoms with Gasteiger partial charge in [0.2, 0.25) is 0 Å². The lowest BCUT2D eigenvalue weighted by Gasteiger charge is -2.10. The highest BCUT2D eigenvalue weighted by molar-refractivity contribution is 7.98. The monoisotopic (exact) mass is 289 g/mol. The number of hydrogen-bond acceptors (Lipinski definition) is 4. The van der Waals surface area contributed by atoms with Crippen molar-refractivity contribution in [3.05, 3.63) is 23.4 Å². The van der Waals surface area contributed by atoms with Crippen LogP contribution in [0.5, 0.6) is 0 Å². The van der Waals surface area contributed by atoms with Crippen molar-refractivity contribution in [2.75, 3.05) is 23.9 Å². The summed E-state index contributed by atoms with van der Waals surface area (Å²) in [5.74, 6) is 1.00. The molecule has 0 radical (unpaired) electrons. The molecule has 104 valence electrons. The van der Waals surface area contributed by atoms with Gasteiger partial charge in [-0.1, -0.05) is 0 Å². The summed E-state index contributed by atoms with van der Waals surface area (Å²) in [6.07, 6.45) is -0.711. The fourth-order valence-corrected chi connectivity index (χ4v) is 1.91. The fraction of sp³-hybridized carbons (Fsp3) is 0.500. The summed E-state index contributed by atoms with van der Waals surface area (Å²) in [5.41, 5.74) is -0.865. The van der Waals surface area contributed by atoms with Crippen LogP contribution in [0.3, 0.4) is 0 Å². The van der Waals surface area contributed by atoms with Crippen molar-refractivity contribution in [2.24, 2.45) is 0 Å². The van der Waals surface area contributed by atoms with Gasteiger partial charge in [-0.3, -0.25) is 0 Å². The van der Waals surface area contributed by atoms with E-state index in [2.05, 4.69) is 10.3 Å². The van der Waals surface area contributed by atoms with E-state index in [1.54, 1.807) is 11.8 Å². The smallest absolute Gasteiger partial charge is 0.369 e. The number of anilines is 1. The molecule has 3 nitrogen and oxygen atoms in total. The van der Waals surface area contributed by atoms with Crippen LogP contribution < -0.4 is 5.32 Å². The highest BCUT2D eigenvalue weighted by Crippen LogP contribution is 2.29. The first-order valence-corrected chi connectivity index (χ1v) is 7.09. The number of unbranched alkanes of at least 4 members (excludes halogenated alkanes) is 1. The van der Waals surface area contributed by atoms with Crippen LogP contribution in [0.4, 0.5) is 19.0 Å². The van der Waals surface area contributed by atoms with Gasteiger partial charge in [-0.2, -0.15) is 30.2 Å². The fourth-order valence-electron chi connectivity index (χ4n) is 1.42. The summed E-state index contributed by atoms with van der Waals surface area (Å²) in [6.45, 7) is 0.504. The molecule has 0 spiro atoms. The van der Waals surface area contributed by atoms with E-state index in [-0.39, 0.29) is 11.4 Å². The molecule has 0 fully saturated rings. The lowest BCUT2D eigenvalue weighted by atomic mass is 10.2. The number of aromatic nitrogens is 1. The quantitative estimate of drug-likeness (QED) is 0.814. The van der Waals surface area contributed by atoms with Crippen molar-refractivity contribution in [3.8, 4) is 6.07 Å². The minimum absolute atomic E-state index is 0.00137. The van der Waals surface area contributed by atoms with Crippen LogP contribution in [0.2, 0.25) is 0 Å². The van der Waals surface area contributed by atoms with Gasteiger partial charge in [0.05, 0.1) is 5.56 Å². The molecule has 0 aliphatic rings. The highest BCUT2D eigenvalue weighted by atomic mass is 32.2. The second-order valence-electron chi connectivity index (χ2n) is 3.83. The molecule has 1 N–H and O–H groups in total. The van der Waals surface area contributed by atoms with Crippen LogP contribution in [0, 0.1) is 11.3 Å². The minimum atomic E-state index is -4.50. The maximum absolute atomic E-state index is 12.5. The van der Waals surface area contributed by atoms with Crippen molar-refractivity contribution in [1.29, 1.82) is 5.26 Å². The summed E-state index contributed by atoms with van der Waals surface area (Å²) in [6, 6.07) is 3.79. The van der Waals surface area contributed by atoms with Crippen LogP contribution in [-0.4, -0.2) is 23.5 Å². The number of nitrogens with zero attached hydrogens (tertiary/aromatic N) is 2. The van der Waals surface area contributed by atoms with Gasteiger partial charge in [0.15, 0.2) is 0 Å². The lowest BCUT2D eigenvalue weighted by molar-refractivity contribution is -0.141. The van der Waals surface area contributed by atoms with Crippen LogP contribution in [-0.2, 0) is 6.18 Å². The van der Waals surface area contributed by atoms with E-state index in [0.717, 1.165) is 30.7 Å². The van der Waals surface area contributed by atoms with Crippen LogP contribution in [0.15, 0.2) is 12.1 Å². The number of nitriles is 1. The molecule has 7 heteroatoms. The zero-order valence-electron chi connectivity index (χ0n) is 10.4. The average molecular weight is 289 g/mol. The molecule has 19 heavy (non-hydrogen) atoms. The predicted octanol–water partition coefficient (Wildman–Crippen LogP) is 3.53. The third kappa shape index (κ3) is 4.99. The van der Waals surface area contributed by atoms with Crippen molar-refractivity contribution >= 4 is 17.6 Å². The van der Waals surface area contributed by atoms with Gasteiger partial charge in [0.1, 0.15) is 17.6 Å². The maximum Gasteiger partial charge on any atom is 0.433 e. The number of pyridine rings is 1. The molecule has 1 aromatic heterocycles. The van der Waals surface area contributed by atoms with Gasteiger partial charge in [-0.25, -0.2) is 4.98 Å². The lowest BCUT2D eigenvalue weighted by Crippen LogP contribution is -2.12. The topological polar surface area (TPSA) is 48.7 Å². The van der Waals surface area contributed by atoms with Crippen molar-refractivity contribution < 1.29 is 13.2 Å². The maximum atomic E-state index is 12.5. The second-order valence-corrected chi connectivity index (χ2v) is 4.81. The van der Waals surface area contributed by atoms with E-state index in [1.165, 1.54) is 0 Å². The number of alkyl halides is 3. The Morgan fingerprint density at radius 1 is 1.37 bits per heavy atom. The summed E-state index contributed by atoms with van der Waals surface area (Å²) < 4.78 is 37.5. The Morgan fingerprint density at radius 3 is 2.68 bits per heavy atom. The molecular formula is C12H14F3N3S. The molecule has 1 heterocycles. The zero-order valence-corrected chi connectivity index (χ0v) is 11.2. The predicted molar refractivity (Wildman–Crippen MR) is 70.1 cm³/mol. The Morgan fingerprint density at radius 2 is 2.11 bits per heavy atom. The number of thioether (sulfide) groups is 1. The van der Waals surface area contributed by atoms with Gasteiger partial charge in [-0.15, -0.1) is 0 Å². The number of halogens is 3. The van der Waals surface area contributed by atoms with Crippen LogP contribution >= 0.6 is 11.8 Å². The largest absolute Gasteiger partial charge is 0.433 e. The molecule has 0 unspecified atom stereocenters. The summed E-state index contributed by atoms with van der Waals surface area (Å²) in [4.78, 5) is 3.47. The molecular weight excluding hydrogens is 275 g/mol. The molecule has 0 saturated heterocycles. The second kappa shape index (κ2) is 7.24. The molecule has 0 saturated carbocycles. The van der Waals surface area contributed by atoms with Crippen molar-refractivity contribution in [1.82, 2.24) is 4.98 Å². The minimum Gasteiger partial charge on any atom is -0.369 e. The Hall–Kier alpha value is -1.42. The summed E-state index contributed by atoms with van der Waals surface area (Å²) in [5, 5.41) is 11.6. The van der Waals surface area contributed by atoms with Crippen molar-refractivity contribution in [3.63, 3.8) is 0 Å². The van der Waals surface area contributed by atoms with Gasteiger partial charge < -0.3 is 5.32 Å². The van der Waals surface area contributed by atoms with E-state index < -0.39 is 11.9 Å². The first-order chi connectivity index (χ1) is 8.99. The van der Waals surface area contributed by atoms with E-state index >= 15 is 0 Å². The summed E-state index contributed by atoms with van der Waals surface area (Å²) >= 11 is 1.72. The SMILES string of the molecule is CSCCCCNc1nc(C(F)(F)F)ccc1C#N. The van der Waals surface area contributed by atoms with Gasteiger partial charge >= 0.3 is 6.18 Å².